The molecule has 0 fully saturated rings. The van der Waals surface area contributed by atoms with Gasteiger partial charge in [0.2, 0.25) is 0 Å². The van der Waals surface area contributed by atoms with Gasteiger partial charge in [0.1, 0.15) is 6.61 Å². The smallest absolute Gasteiger partial charge is 0.329 e. The average molecular weight is 212 g/mol. The fourth-order valence-corrected chi connectivity index (χ4v) is 0.972. The standard InChI is InChI=1S/C10H12O5/c1-13-8-4-2-3-5-9(8)15-7-14-6-10(11)12/h2-5H,6-7H2,1H3,(H,11,12). The highest BCUT2D eigenvalue weighted by molar-refractivity contribution is 5.67. The van der Waals surface area contributed by atoms with E-state index in [1.807, 2.05) is 6.07 Å². The molecule has 5 heteroatoms. The van der Waals surface area contributed by atoms with E-state index in [-0.39, 0.29) is 13.4 Å². The van der Waals surface area contributed by atoms with Crippen LogP contribution in [0.1, 0.15) is 0 Å². The highest BCUT2D eigenvalue weighted by Crippen LogP contribution is 2.25. The number of carboxylic acid groups (broad SMARTS) is 1. The Labute approximate surface area is 87.2 Å². The van der Waals surface area contributed by atoms with Gasteiger partial charge in [0, 0.05) is 0 Å². The molecular formula is C10H12O5. The molecule has 0 aliphatic rings. The summed E-state index contributed by atoms with van der Waals surface area (Å²) in [4.78, 5) is 10.1. The second kappa shape index (κ2) is 5.87. The predicted molar refractivity (Wildman–Crippen MR) is 52.1 cm³/mol. The zero-order valence-electron chi connectivity index (χ0n) is 8.30. The summed E-state index contributed by atoms with van der Waals surface area (Å²) in [7, 11) is 1.53. The van der Waals surface area contributed by atoms with Crippen LogP contribution < -0.4 is 9.47 Å². The summed E-state index contributed by atoms with van der Waals surface area (Å²) in [6.07, 6.45) is 0. The van der Waals surface area contributed by atoms with Crippen LogP contribution in [0.5, 0.6) is 11.5 Å². The number of ether oxygens (including phenoxy) is 3. The summed E-state index contributed by atoms with van der Waals surface area (Å²) in [5.74, 6) is 0.0699. The third-order valence-corrected chi connectivity index (χ3v) is 1.59. The third-order valence-electron chi connectivity index (χ3n) is 1.59. The lowest BCUT2D eigenvalue weighted by Crippen LogP contribution is -2.11. The quantitative estimate of drug-likeness (QED) is 0.565. The van der Waals surface area contributed by atoms with E-state index in [9.17, 15) is 4.79 Å². The van der Waals surface area contributed by atoms with Crippen molar-refractivity contribution in [2.75, 3.05) is 20.5 Å². The van der Waals surface area contributed by atoms with Gasteiger partial charge in [-0.05, 0) is 12.1 Å². The molecule has 0 aromatic heterocycles. The molecule has 0 bridgehead atoms. The third kappa shape index (κ3) is 3.86. The van der Waals surface area contributed by atoms with Crippen molar-refractivity contribution in [2.45, 2.75) is 0 Å². The van der Waals surface area contributed by atoms with Gasteiger partial charge >= 0.3 is 5.97 Å². The second-order valence-electron chi connectivity index (χ2n) is 2.66. The Morgan fingerprint density at radius 3 is 2.60 bits per heavy atom. The van der Waals surface area contributed by atoms with E-state index >= 15 is 0 Å². The van der Waals surface area contributed by atoms with E-state index in [2.05, 4.69) is 0 Å². The van der Waals surface area contributed by atoms with Crippen LogP contribution in [0.4, 0.5) is 0 Å². The van der Waals surface area contributed by atoms with Crippen LogP contribution in [0, 0.1) is 0 Å². The summed E-state index contributed by atoms with van der Waals surface area (Å²) in [6, 6.07) is 7.05. The zero-order valence-corrected chi connectivity index (χ0v) is 8.30. The first kappa shape index (κ1) is 11.3. The van der Waals surface area contributed by atoms with Crippen LogP contribution in [0.3, 0.4) is 0 Å². The van der Waals surface area contributed by atoms with E-state index in [1.54, 1.807) is 18.2 Å². The van der Waals surface area contributed by atoms with Gasteiger partial charge in [-0.25, -0.2) is 4.79 Å². The first-order chi connectivity index (χ1) is 7.24. The Kier molecular flexibility index (Phi) is 4.43. The molecule has 0 aliphatic heterocycles. The molecule has 0 spiro atoms. The highest BCUT2D eigenvalue weighted by Gasteiger charge is 2.02. The number of methoxy groups -OCH3 is 1. The Morgan fingerprint density at radius 1 is 1.33 bits per heavy atom. The molecule has 5 nitrogen and oxygen atoms in total. The minimum absolute atomic E-state index is 0.118. The lowest BCUT2D eigenvalue weighted by molar-refractivity contribution is -0.144. The van der Waals surface area contributed by atoms with Crippen LogP contribution >= 0.6 is 0 Å². The van der Waals surface area contributed by atoms with Crippen molar-refractivity contribution < 1.29 is 24.1 Å². The molecule has 0 saturated carbocycles. The van der Waals surface area contributed by atoms with Gasteiger partial charge in [0.05, 0.1) is 7.11 Å². The first-order valence-corrected chi connectivity index (χ1v) is 4.29. The van der Waals surface area contributed by atoms with Gasteiger partial charge < -0.3 is 19.3 Å². The average Bonchev–Trinajstić information content (AvgIpc) is 2.24. The first-order valence-electron chi connectivity index (χ1n) is 4.29. The molecule has 15 heavy (non-hydrogen) atoms. The molecular weight excluding hydrogens is 200 g/mol. The monoisotopic (exact) mass is 212 g/mol. The Morgan fingerprint density at radius 2 is 2.00 bits per heavy atom. The Balaban J connectivity index is 2.39. The maximum atomic E-state index is 10.1. The van der Waals surface area contributed by atoms with Gasteiger partial charge in [0.15, 0.2) is 18.3 Å². The number of hydrogen-bond acceptors (Lipinski definition) is 4. The second-order valence-corrected chi connectivity index (χ2v) is 2.66. The van der Waals surface area contributed by atoms with Gasteiger partial charge in [0.25, 0.3) is 0 Å². The normalized spacial score (nSPS) is 9.67. The summed E-state index contributed by atoms with van der Waals surface area (Å²) in [5, 5.41) is 8.31. The van der Waals surface area contributed by atoms with Crippen molar-refractivity contribution in [1.29, 1.82) is 0 Å². The number of para-hydroxylation sites is 2. The van der Waals surface area contributed by atoms with E-state index in [1.165, 1.54) is 7.11 Å². The molecule has 0 saturated heterocycles. The molecule has 1 rings (SSSR count). The van der Waals surface area contributed by atoms with Gasteiger partial charge in [-0.15, -0.1) is 0 Å². The minimum atomic E-state index is -1.03. The van der Waals surface area contributed by atoms with Crippen molar-refractivity contribution >= 4 is 5.97 Å². The van der Waals surface area contributed by atoms with E-state index in [4.69, 9.17) is 19.3 Å². The molecule has 0 heterocycles. The molecule has 1 aromatic rings. The number of rotatable bonds is 6. The van der Waals surface area contributed by atoms with Crippen molar-refractivity contribution in [3.05, 3.63) is 24.3 Å². The number of aliphatic carboxylic acids is 1. The Hall–Kier alpha value is -1.75. The maximum absolute atomic E-state index is 10.1. The van der Waals surface area contributed by atoms with Crippen LogP contribution in [0.15, 0.2) is 24.3 Å². The molecule has 1 N–H and O–H groups in total. The van der Waals surface area contributed by atoms with Gasteiger partial charge in [-0.1, -0.05) is 12.1 Å². The molecule has 0 atom stereocenters. The number of carbonyl (C=O) groups is 1. The van der Waals surface area contributed by atoms with Crippen LogP contribution in [0.2, 0.25) is 0 Å². The van der Waals surface area contributed by atoms with Crippen molar-refractivity contribution in [3.8, 4) is 11.5 Å². The fourth-order valence-electron chi connectivity index (χ4n) is 0.972. The highest BCUT2D eigenvalue weighted by atomic mass is 16.7. The van der Waals surface area contributed by atoms with Crippen molar-refractivity contribution in [1.82, 2.24) is 0 Å². The fraction of sp³-hybridized carbons (Fsp3) is 0.300. The lowest BCUT2D eigenvalue weighted by Gasteiger charge is -2.09. The zero-order chi connectivity index (χ0) is 11.1. The number of carboxylic acids is 1. The van der Waals surface area contributed by atoms with Crippen molar-refractivity contribution in [2.24, 2.45) is 0 Å². The lowest BCUT2D eigenvalue weighted by atomic mass is 10.3. The molecule has 0 radical (unpaired) electrons. The van der Waals surface area contributed by atoms with Crippen molar-refractivity contribution in [3.63, 3.8) is 0 Å². The SMILES string of the molecule is COc1ccccc1OCOCC(=O)O. The van der Waals surface area contributed by atoms with E-state index in [0.29, 0.717) is 11.5 Å². The van der Waals surface area contributed by atoms with E-state index < -0.39 is 5.97 Å². The molecule has 1 aromatic carbocycles. The molecule has 0 aliphatic carbocycles. The minimum Gasteiger partial charge on any atom is -0.493 e. The van der Waals surface area contributed by atoms with Crippen LogP contribution in [-0.2, 0) is 9.53 Å². The van der Waals surface area contributed by atoms with Gasteiger partial charge in [-0.2, -0.15) is 0 Å². The molecule has 0 unspecified atom stereocenters. The Bertz CT molecular complexity index is 323. The topological polar surface area (TPSA) is 65.0 Å². The van der Waals surface area contributed by atoms with E-state index in [0.717, 1.165) is 0 Å². The summed E-state index contributed by atoms with van der Waals surface area (Å²) in [6.45, 7) is -0.498. The molecule has 0 amide bonds. The van der Waals surface area contributed by atoms with Crippen LogP contribution in [0.25, 0.3) is 0 Å². The van der Waals surface area contributed by atoms with Gasteiger partial charge in [-0.3, -0.25) is 0 Å². The largest absolute Gasteiger partial charge is 0.493 e. The summed E-state index contributed by atoms with van der Waals surface area (Å²) in [5.41, 5.74) is 0. The summed E-state index contributed by atoms with van der Waals surface area (Å²) >= 11 is 0. The predicted octanol–water partition coefficient (Wildman–Crippen LogP) is 1.13. The van der Waals surface area contributed by atoms with Crippen LogP contribution in [-0.4, -0.2) is 31.6 Å². The maximum Gasteiger partial charge on any atom is 0.329 e. The number of hydrogen-bond donors (Lipinski definition) is 1. The molecule has 82 valence electrons. The number of benzene rings is 1. The summed E-state index contributed by atoms with van der Waals surface area (Å²) < 4.78 is 14.9.